The molecule has 0 aliphatic heterocycles. The third-order valence-electron chi connectivity index (χ3n) is 19.1. The van der Waals surface area contributed by atoms with Crippen molar-refractivity contribution in [1.82, 2.24) is 51.0 Å². The molecule has 5 aromatic heterocycles. The molecule has 53 heteroatoms. The number of nitrogens with one attached hydrogen (secondary N) is 5. The van der Waals surface area contributed by atoms with Crippen LogP contribution >= 0.6 is 116 Å². The molecule has 15 rings (SSSR count). The molecular weight excluding hydrogens is 2200 g/mol. The fourth-order valence-corrected chi connectivity index (χ4v) is 14.4. The summed E-state index contributed by atoms with van der Waals surface area (Å²) in [6.07, 6.45) is -13.4. The van der Waals surface area contributed by atoms with Gasteiger partial charge in [0.2, 0.25) is 0 Å². The Morgan fingerprint density at radius 3 is 0.973 bits per heavy atom. The Bertz CT molecular complexity index is 7350. The van der Waals surface area contributed by atoms with Gasteiger partial charge in [-0.2, -0.15) is 65.0 Å². The van der Waals surface area contributed by atoms with Gasteiger partial charge in [0.1, 0.15) is 63.5 Å². The van der Waals surface area contributed by atoms with E-state index in [-0.39, 0.29) is 116 Å². The van der Waals surface area contributed by atoms with Crippen LogP contribution in [0.4, 0.5) is 103 Å². The van der Waals surface area contributed by atoms with Gasteiger partial charge < -0.3 is 55.0 Å². The van der Waals surface area contributed by atoms with Crippen molar-refractivity contribution in [3.63, 3.8) is 0 Å². The monoisotopic (exact) mass is 2260 g/mol. The van der Waals surface area contributed by atoms with Gasteiger partial charge in [0.25, 0.3) is 29.5 Å². The second kappa shape index (κ2) is 49.8. The summed E-state index contributed by atoms with van der Waals surface area (Å²) in [6, 6.07) is 35.8. The van der Waals surface area contributed by atoms with Gasteiger partial charge in [-0.05, 0) is 189 Å². The Labute approximate surface area is 873 Å². The fourth-order valence-electron chi connectivity index (χ4n) is 12.5. The van der Waals surface area contributed by atoms with E-state index in [1.807, 2.05) is 13.0 Å². The number of anilines is 5. The zero-order chi connectivity index (χ0) is 108. The number of aryl methyl sites for hydroxylation is 4. The zero-order valence-electron chi connectivity index (χ0n) is 74.7. The van der Waals surface area contributed by atoms with Crippen molar-refractivity contribution in [2.45, 2.75) is 59.0 Å². The molecule has 5 heterocycles. The number of hydrogen-bond donors (Lipinski definition) is 5. The summed E-state index contributed by atoms with van der Waals surface area (Å²) >= 11 is 58.1. The van der Waals surface area contributed by atoms with E-state index in [0.717, 1.165) is 48.2 Å². The molecule has 15 aromatic rings. The summed E-state index contributed by atoms with van der Waals surface area (Å²) in [4.78, 5) is 63.6. The van der Waals surface area contributed by atoms with E-state index in [2.05, 4.69) is 82.3 Å². The van der Waals surface area contributed by atoms with Gasteiger partial charge in [-0.15, -0.1) is 38.7 Å². The number of halogens is 27. The standard InChI is InChI=1S/C20H13Cl2F4N3O.C19H8Cl2F7N3O3.C19H11Cl2F4N3O2.C19H15ClFN3O2.C18H11Cl3FN3O3/c1-10-4-13(23)3-2-11(10)5-12-6-16(20(24,25)26)17(21)8-15(12)19(30)28-14-7-18(22)29-27-9-14;20-12-5-10(17(32)30-8-3-16(21)31-29-7-8)15(6-11(12)18(23,24)25)33-14-2-1-9(4-13(14)22)34-19(26,27)28;1-9-4-10(22)2-3-15(9)30-16-7-13(19(23,24)25)14(20)6-12(16)18(29)27-11-5-17(21)28-26-8-11;1-11-3-5-17(26-16-6-4-13(21)8-12(16)2)15(7-11)19(25)23-14-9-18(20)24-22-10-14;1-27-16-4-9(22)2-3-14(16)28-15-7-13(20)12(19)6-11(15)18(26)24-10-5-17(21)25-23-8-10/h2-4,6-9H,5H2,1H3,(H,28,29,30);1-7H,(H,30,31,32);2-8H,1H3,(H,27,28,29);3-10H,1-2H3,(H,23,24,25);2-8H,1H3,(H,24,25,26). The lowest BCUT2D eigenvalue weighted by atomic mass is 9.94. The van der Waals surface area contributed by atoms with Crippen LogP contribution in [0.15, 0.2) is 219 Å². The minimum absolute atomic E-state index is 0.00309. The summed E-state index contributed by atoms with van der Waals surface area (Å²) in [7, 11) is 1.37. The third-order valence-corrected chi connectivity index (χ3v) is 21.7. The van der Waals surface area contributed by atoms with Gasteiger partial charge in [0, 0.05) is 54.1 Å². The number of hydrogen-bond acceptors (Lipinski definition) is 21. The van der Waals surface area contributed by atoms with E-state index in [1.54, 1.807) is 26.0 Å². The molecule has 0 aliphatic rings. The van der Waals surface area contributed by atoms with Crippen LogP contribution in [0.5, 0.6) is 57.5 Å². The van der Waals surface area contributed by atoms with Crippen LogP contribution in [-0.2, 0) is 24.9 Å². The number of alkyl halides is 12. The largest absolute Gasteiger partial charge is 0.573 e. The number of carbonyl (C=O) groups excluding carboxylic acids is 5. The Balaban J connectivity index is 0.000000176. The van der Waals surface area contributed by atoms with Gasteiger partial charge in [-0.3, -0.25) is 24.0 Å². The highest BCUT2D eigenvalue weighted by Crippen LogP contribution is 2.46. The quantitative estimate of drug-likeness (QED) is 0.0394. The molecule has 148 heavy (non-hydrogen) atoms. The van der Waals surface area contributed by atoms with Gasteiger partial charge >= 0.3 is 24.9 Å². The first-order valence-electron chi connectivity index (χ1n) is 40.8. The summed E-state index contributed by atoms with van der Waals surface area (Å²) in [5.74, 6) is -8.46. The first kappa shape index (κ1) is 114. The number of aromatic nitrogens is 10. The van der Waals surface area contributed by atoms with E-state index >= 15 is 0 Å². The van der Waals surface area contributed by atoms with Crippen molar-refractivity contribution in [3.05, 3.63) is 377 Å². The smallest absolute Gasteiger partial charge is 0.493 e. The number of nitrogens with zero attached hydrogens (tertiary/aromatic N) is 10. The average molecular weight is 2260 g/mol. The fraction of sp³-hybridized carbons (Fsp3) is 0.105. The average Bonchev–Trinajstić information content (AvgIpc) is 0.790. The molecule has 5 N–H and O–H groups in total. The van der Waals surface area contributed by atoms with Crippen molar-refractivity contribution < 1.29 is 127 Å². The lowest BCUT2D eigenvalue weighted by molar-refractivity contribution is -0.274. The highest BCUT2D eigenvalue weighted by molar-refractivity contribution is 6.42. The number of amides is 5. The Morgan fingerprint density at radius 1 is 0.291 bits per heavy atom. The summed E-state index contributed by atoms with van der Waals surface area (Å²) in [5, 5.41) is 46.6. The van der Waals surface area contributed by atoms with Crippen LogP contribution in [0.2, 0.25) is 50.9 Å². The number of ether oxygens (including phenoxy) is 6. The van der Waals surface area contributed by atoms with Gasteiger partial charge in [0.05, 0.1) is 131 Å². The van der Waals surface area contributed by atoms with Crippen LogP contribution in [-0.4, -0.2) is 94.0 Å². The molecule has 0 aliphatic carbocycles. The summed E-state index contributed by atoms with van der Waals surface area (Å²) in [6.45, 7) is 6.73. The zero-order valence-corrected chi connectivity index (χ0v) is 82.2. The Kier molecular flexibility index (Phi) is 38.3. The normalized spacial score (nSPS) is 11.1. The molecule has 0 fully saturated rings. The molecule has 0 radical (unpaired) electrons. The van der Waals surface area contributed by atoms with Crippen molar-refractivity contribution in [2.24, 2.45) is 0 Å². The predicted molar refractivity (Wildman–Crippen MR) is 515 cm³/mol. The number of methoxy groups -OCH3 is 1. The van der Waals surface area contributed by atoms with Crippen LogP contribution in [0.25, 0.3) is 0 Å². The maximum absolute atomic E-state index is 14.3. The number of carbonyl (C=O) groups is 5. The molecule has 0 saturated heterocycles. The van der Waals surface area contributed by atoms with E-state index in [1.165, 1.54) is 136 Å². The molecule has 26 nitrogen and oxygen atoms in total. The molecule has 768 valence electrons. The number of rotatable bonds is 22. The van der Waals surface area contributed by atoms with Gasteiger partial charge in [-0.1, -0.05) is 134 Å². The van der Waals surface area contributed by atoms with Crippen molar-refractivity contribution in [3.8, 4) is 57.5 Å². The molecule has 0 atom stereocenters. The van der Waals surface area contributed by atoms with Crippen LogP contribution in [0.1, 0.15) is 102 Å². The lowest BCUT2D eigenvalue weighted by Crippen LogP contribution is -2.17. The molecule has 5 amide bonds. The molecule has 0 bridgehead atoms. The molecular formula is C95H58Cl10F17N15O11. The van der Waals surface area contributed by atoms with Crippen molar-refractivity contribution in [2.75, 3.05) is 33.7 Å². The van der Waals surface area contributed by atoms with E-state index in [4.69, 9.17) is 140 Å². The maximum Gasteiger partial charge on any atom is 0.573 e. The minimum Gasteiger partial charge on any atom is -0.493 e. The van der Waals surface area contributed by atoms with Crippen molar-refractivity contribution >= 4 is 174 Å². The topological polar surface area (TPSA) is 330 Å². The van der Waals surface area contributed by atoms with Crippen LogP contribution < -0.4 is 55.0 Å². The van der Waals surface area contributed by atoms with Crippen molar-refractivity contribution in [1.29, 1.82) is 0 Å². The Hall–Kier alpha value is -14.5. The third kappa shape index (κ3) is 32.5. The second-order valence-electron chi connectivity index (χ2n) is 29.9. The summed E-state index contributed by atoms with van der Waals surface area (Å²) in [5.41, 5.74) is -0.0584. The van der Waals surface area contributed by atoms with Crippen LogP contribution in [0.3, 0.4) is 0 Å². The van der Waals surface area contributed by atoms with Gasteiger partial charge in [0.15, 0.2) is 48.8 Å². The SMILES string of the molecule is COc1cc(F)ccc1Oc1cc(Cl)c(Cl)cc1C(=O)Nc1cnnc(Cl)c1.Cc1cc(F)ccc1Cc1cc(C(F)(F)F)c(Cl)cc1C(=O)Nc1cnnc(Cl)c1.Cc1cc(F)ccc1Oc1cc(C(F)(F)F)c(Cl)cc1C(=O)Nc1cnnc(Cl)c1.Cc1ccc(Oc2ccc(F)cc2C)c(C(=O)Nc2cnnc(Cl)c2)c1.O=C(Nc1cnnc(Cl)c1)c1cc(Cl)c(C(F)(F)F)cc1Oc1ccc(OC(F)(F)F)cc1F. The highest BCUT2D eigenvalue weighted by Gasteiger charge is 2.39. The molecule has 0 spiro atoms. The molecule has 10 aromatic carbocycles. The maximum atomic E-state index is 14.3. The second-order valence-corrected chi connectivity index (χ2v) is 33.9. The molecule has 0 unspecified atom stereocenters. The van der Waals surface area contributed by atoms with Crippen LogP contribution in [0, 0.1) is 56.8 Å². The highest BCUT2D eigenvalue weighted by atomic mass is 35.5. The lowest BCUT2D eigenvalue weighted by Gasteiger charge is -2.17. The van der Waals surface area contributed by atoms with Gasteiger partial charge in [-0.25, -0.2) is 22.0 Å². The Morgan fingerprint density at radius 2 is 0.601 bits per heavy atom. The summed E-state index contributed by atoms with van der Waals surface area (Å²) < 4.78 is 255. The molecule has 0 saturated carbocycles. The first-order chi connectivity index (χ1) is 69.6. The van der Waals surface area contributed by atoms with E-state index < -0.39 is 132 Å². The first-order valence-corrected chi connectivity index (χ1v) is 44.5. The van der Waals surface area contributed by atoms with E-state index in [0.29, 0.717) is 87.1 Å². The number of benzene rings is 10. The minimum atomic E-state index is -5.11. The van der Waals surface area contributed by atoms with E-state index in [9.17, 15) is 98.6 Å². The predicted octanol–water partition coefficient (Wildman–Crippen LogP) is 29.8.